The Kier molecular flexibility index (Phi) is 5.34. The zero-order chi connectivity index (χ0) is 20.1. The summed E-state index contributed by atoms with van der Waals surface area (Å²) >= 11 is 0. The van der Waals surface area contributed by atoms with E-state index in [1.807, 2.05) is 119 Å². The molecular weight excluding hydrogens is 360 g/mol. The smallest absolute Gasteiger partial charge is 0.289 e. The number of carbonyl (C=O) groups excluding carboxylic acids is 2. The predicted octanol–water partition coefficient (Wildman–Crippen LogP) is 3.23. The van der Waals surface area contributed by atoms with Gasteiger partial charge < -0.3 is 0 Å². The highest BCUT2D eigenvalue weighted by Gasteiger charge is 2.14. The molecule has 0 unspecified atom stereocenters. The molecule has 0 aliphatic rings. The number of pyridine rings is 2. The van der Waals surface area contributed by atoms with Crippen LogP contribution in [0.1, 0.15) is 31.8 Å². The third-order valence-corrected chi connectivity index (χ3v) is 4.71. The molecule has 0 bridgehead atoms. The van der Waals surface area contributed by atoms with Crippen molar-refractivity contribution in [3.8, 4) is 0 Å². The number of aromatic nitrogens is 2. The van der Waals surface area contributed by atoms with Crippen molar-refractivity contribution in [3.05, 3.63) is 132 Å². The molecule has 0 saturated heterocycles. The lowest BCUT2D eigenvalue weighted by atomic mass is 10.0. The summed E-state index contributed by atoms with van der Waals surface area (Å²) in [6.45, 7) is 0.583. The van der Waals surface area contributed by atoms with Crippen LogP contribution in [0.2, 0.25) is 0 Å². The van der Waals surface area contributed by atoms with E-state index >= 15 is 0 Å². The Hall–Kier alpha value is -3.92. The highest BCUT2D eigenvalue weighted by molar-refractivity contribution is 6.09. The zero-order valence-electron chi connectivity index (χ0n) is 15.8. The lowest BCUT2D eigenvalue weighted by Crippen LogP contribution is -2.50. The summed E-state index contributed by atoms with van der Waals surface area (Å²) in [5, 5.41) is 0. The number of hydrogen-bond acceptors (Lipinski definition) is 2. The van der Waals surface area contributed by atoms with Gasteiger partial charge in [-0.1, -0.05) is 60.7 Å². The number of hydrogen-bond donors (Lipinski definition) is 0. The normalized spacial score (nSPS) is 10.5. The Bertz CT molecular complexity index is 1030. The zero-order valence-corrected chi connectivity index (χ0v) is 15.8. The summed E-state index contributed by atoms with van der Waals surface area (Å²) in [4.78, 5) is 25.0. The standard InChI is InChI=1S/C25H20N2O2/c28-24(20-7-3-1-4-8-20)22-11-15-26(16-12-22)19-27-17-13-23(14-18-27)25(29)21-9-5-2-6-10-21/h1-18H,19H2/q+2. The van der Waals surface area contributed by atoms with Crippen LogP contribution in [0.25, 0.3) is 0 Å². The third kappa shape index (κ3) is 4.33. The summed E-state index contributed by atoms with van der Waals surface area (Å²) in [6, 6.07) is 25.8. The van der Waals surface area contributed by atoms with E-state index in [4.69, 9.17) is 0 Å². The highest BCUT2D eigenvalue weighted by atomic mass is 16.1. The van der Waals surface area contributed by atoms with Gasteiger partial charge in [0.1, 0.15) is 0 Å². The van der Waals surface area contributed by atoms with Gasteiger partial charge in [-0.05, 0) is 0 Å². The Morgan fingerprint density at radius 3 is 1.14 bits per heavy atom. The summed E-state index contributed by atoms with van der Waals surface area (Å²) in [7, 11) is 0. The monoisotopic (exact) mass is 380 g/mol. The fraction of sp³-hybridized carbons (Fsp3) is 0.0400. The number of nitrogens with zero attached hydrogens (tertiary/aromatic N) is 2. The second-order valence-electron chi connectivity index (χ2n) is 6.73. The minimum Gasteiger partial charge on any atom is -0.289 e. The van der Waals surface area contributed by atoms with Gasteiger partial charge in [0, 0.05) is 46.5 Å². The van der Waals surface area contributed by atoms with Crippen molar-refractivity contribution in [1.82, 2.24) is 0 Å². The molecule has 2 aromatic heterocycles. The molecule has 0 amide bonds. The molecule has 4 aromatic rings. The average Bonchev–Trinajstić information content (AvgIpc) is 2.80. The first-order valence-electron chi connectivity index (χ1n) is 9.38. The van der Waals surface area contributed by atoms with Crippen molar-refractivity contribution < 1.29 is 18.7 Å². The highest BCUT2D eigenvalue weighted by Crippen LogP contribution is 2.09. The van der Waals surface area contributed by atoms with E-state index < -0.39 is 0 Å². The molecule has 0 fully saturated rings. The van der Waals surface area contributed by atoms with Crippen LogP contribution >= 0.6 is 0 Å². The SMILES string of the molecule is O=C(c1ccccc1)c1cc[n+](C[n+]2ccc(C(=O)c3ccccc3)cc2)cc1. The van der Waals surface area contributed by atoms with Crippen LogP contribution in [0, 0.1) is 0 Å². The van der Waals surface area contributed by atoms with E-state index in [1.54, 1.807) is 0 Å². The molecule has 29 heavy (non-hydrogen) atoms. The second-order valence-corrected chi connectivity index (χ2v) is 6.73. The van der Waals surface area contributed by atoms with E-state index in [-0.39, 0.29) is 11.6 Å². The maximum absolute atomic E-state index is 12.5. The third-order valence-electron chi connectivity index (χ3n) is 4.71. The first-order valence-corrected chi connectivity index (χ1v) is 9.38. The van der Waals surface area contributed by atoms with Crippen molar-refractivity contribution in [2.45, 2.75) is 6.67 Å². The van der Waals surface area contributed by atoms with Gasteiger partial charge in [-0.15, -0.1) is 9.13 Å². The molecule has 0 spiro atoms. The van der Waals surface area contributed by atoms with Crippen LogP contribution in [0.3, 0.4) is 0 Å². The molecule has 0 radical (unpaired) electrons. The molecule has 0 atom stereocenters. The van der Waals surface area contributed by atoms with Crippen LogP contribution in [0.5, 0.6) is 0 Å². The topological polar surface area (TPSA) is 41.9 Å². The van der Waals surface area contributed by atoms with Crippen LogP contribution in [-0.2, 0) is 6.67 Å². The van der Waals surface area contributed by atoms with Gasteiger partial charge in [-0.3, -0.25) is 9.59 Å². The molecule has 0 N–H and O–H groups in total. The van der Waals surface area contributed by atoms with Crippen LogP contribution in [0.4, 0.5) is 0 Å². The van der Waals surface area contributed by atoms with Gasteiger partial charge in [-0.25, -0.2) is 0 Å². The molecule has 2 heterocycles. The molecule has 2 aromatic carbocycles. The summed E-state index contributed by atoms with van der Waals surface area (Å²) in [5.41, 5.74) is 2.67. The molecule has 4 heteroatoms. The Labute approximate surface area is 169 Å². The van der Waals surface area contributed by atoms with Gasteiger partial charge in [0.25, 0.3) is 0 Å². The lowest BCUT2D eigenvalue weighted by Gasteiger charge is -2.01. The van der Waals surface area contributed by atoms with E-state index in [2.05, 4.69) is 0 Å². The quantitative estimate of drug-likeness (QED) is 0.381. The first kappa shape index (κ1) is 18.4. The maximum Gasteiger partial charge on any atom is 0.343 e. The first-order chi connectivity index (χ1) is 14.2. The van der Waals surface area contributed by atoms with Crippen LogP contribution < -0.4 is 9.13 Å². The van der Waals surface area contributed by atoms with Gasteiger partial charge in [0.05, 0.1) is 0 Å². The second kappa shape index (κ2) is 8.40. The van der Waals surface area contributed by atoms with Gasteiger partial charge in [0.2, 0.25) is 0 Å². The molecular formula is C25H20N2O2+2. The van der Waals surface area contributed by atoms with Crippen molar-refractivity contribution in [3.63, 3.8) is 0 Å². The lowest BCUT2D eigenvalue weighted by molar-refractivity contribution is -0.913. The molecule has 4 rings (SSSR count). The molecule has 4 nitrogen and oxygen atoms in total. The summed E-state index contributed by atoms with van der Waals surface area (Å²) < 4.78 is 3.95. The molecule has 140 valence electrons. The maximum atomic E-state index is 12.5. The predicted molar refractivity (Wildman–Crippen MR) is 108 cm³/mol. The van der Waals surface area contributed by atoms with Crippen LogP contribution in [0.15, 0.2) is 110 Å². The van der Waals surface area contributed by atoms with Crippen molar-refractivity contribution >= 4 is 11.6 Å². The van der Waals surface area contributed by atoms with Crippen molar-refractivity contribution in [2.24, 2.45) is 0 Å². The number of carbonyl (C=O) groups is 2. The van der Waals surface area contributed by atoms with Gasteiger partial charge in [0.15, 0.2) is 36.4 Å². The van der Waals surface area contributed by atoms with Crippen LogP contribution in [-0.4, -0.2) is 11.6 Å². The average molecular weight is 380 g/mol. The van der Waals surface area contributed by atoms with E-state index in [1.165, 1.54) is 0 Å². The minimum atomic E-state index is 0.00850. The summed E-state index contributed by atoms with van der Waals surface area (Å²) in [6.07, 6.45) is 7.52. The number of benzene rings is 2. The van der Waals surface area contributed by atoms with Gasteiger partial charge in [-0.2, -0.15) is 0 Å². The van der Waals surface area contributed by atoms with Crippen molar-refractivity contribution in [1.29, 1.82) is 0 Å². The Morgan fingerprint density at radius 1 is 0.483 bits per heavy atom. The number of ketones is 2. The Balaban J connectivity index is 1.44. The molecule has 0 saturated carbocycles. The van der Waals surface area contributed by atoms with E-state index in [0.29, 0.717) is 28.9 Å². The van der Waals surface area contributed by atoms with E-state index in [9.17, 15) is 9.59 Å². The minimum absolute atomic E-state index is 0.00850. The molecule has 0 aliphatic carbocycles. The molecule has 0 aliphatic heterocycles. The Morgan fingerprint density at radius 2 is 0.793 bits per heavy atom. The van der Waals surface area contributed by atoms with E-state index in [0.717, 1.165) is 0 Å². The van der Waals surface area contributed by atoms with Gasteiger partial charge >= 0.3 is 6.67 Å². The largest absolute Gasteiger partial charge is 0.343 e. The summed E-state index contributed by atoms with van der Waals surface area (Å²) in [5.74, 6) is 0.0170. The fourth-order valence-electron chi connectivity index (χ4n) is 3.11. The fourth-order valence-corrected chi connectivity index (χ4v) is 3.11. The van der Waals surface area contributed by atoms with Crippen molar-refractivity contribution in [2.75, 3.05) is 0 Å². The number of rotatable bonds is 6.